The Morgan fingerprint density at radius 2 is 2.10 bits per heavy atom. The van der Waals surface area contributed by atoms with Crippen molar-refractivity contribution in [1.29, 1.82) is 0 Å². The Morgan fingerprint density at radius 3 is 2.85 bits per heavy atom. The first-order valence-corrected chi connectivity index (χ1v) is 7.68. The van der Waals surface area contributed by atoms with Gasteiger partial charge in [0.05, 0.1) is 5.69 Å². The van der Waals surface area contributed by atoms with Crippen LogP contribution in [0.3, 0.4) is 0 Å². The molecule has 1 aliphatic carbocycles. The van der Waals surface area contributed by atoms with Crippen LogP contribution in [0.1, 0.15) is 19.3 Å². The van der Waals surface area contributed by atoms with Gasteiger partial charge in [0.25, 0.3) is 0 Å². The zero-order valence-electron chi connectivity index (χ0n) is 11.1. The monoisotopic (exact) mass is 284 g/mol. The summed E-state index contributed by atoms with van der Waals surface area (Å²) in [7, 11) is 0. The zero-order valence-corrected chi connectivity index (χ0v) is 11.9. The molecule has 0 fully saturated rings. The Labute approximate surface area is 122 Å². The van der Waals surface area contributed by atoms with E-state index in [4.69, 9.17) is 0 Å². The highest BCUT2D eigenvalue weighted by atomic mass is 32.1. The van der Waals surface area contributed by atoms with Crippen LogP contribution < -0.4 is 5.32 Å². The average Bonchev–Trinajstić information content (AvgIpc) is 2.97. The van der Waals surface area contributed by atoms with Gasteiger partial charge in [-0.15, -0.1) is 11.3 Å². The van der Waals surface area contributed by atoms with Crippen LogP contribution in [-0.4, -0.2) is 10.9 Å². The van der Waals surface area contributed by atoms with Crippen LogP contribution in [0.4, 0.5) is 5.13 Å². The molecule has 0 saturated heterocycles. The first kappa shape index (κ1) is 13.1. The smallest absolute Gasteiger partial charge is 0.229 e. The maximum atomic E-state index is 12.1. The molecule has 1 atom stereocenters. The predicted molar refractivity (Wildman–Crippen MR) is 82.7 cm³/mol. The summed E-state index contributed by atoms with van der Waals surface area (Å²) in [5.41, 5.74) is 1.99. The molecular weight excluding hydrogens is 268 g/mol. The Hall–Kier alpha value is -1.94. The number of aromatic nitrogens is 1. The SMILES string of the molecule is O=C(Nc1nc(-c2ccccc2)cs1)[C@H]1CC=CCC1. The molecule has 0 spiro atoms. The third kappa shape index (κ3) is 2.96. The van der Waals surface area contributed by atoms with Gasteiger partial charge in [0.1, 0.15) is 0 Å². The second-order valence-corrected chi connectivity index (χ2v) is 5.73. The number of carbonyl (C=O) groups excluding carboxylic acids is 1. The molecule has 3 nitrogen and oxygen atoms in total. The summed E-state index contributed by atoms with van der Waals surface area (Å²) in [5.74, 6) is 0.174. The molecule has 1 aliphatic rings. The molecule has 1 aromatic carbocycles. The molecular formula is C16H16N2OS. The van der Waals surface area contributed by atoms with Crippen LogP contribution in [0.2, 0.25) is 0 Å². The number of thiazole rings is 1. The van der Waals surface area contributed by atoms with E-state index in [0.717, 1.165) is 30.5 Å². The van der Waals surface area contributed by atoms with Crippen LogP contribution in [0, 0.1) is 5.92 Å². The lowest BCUT2D eigenvalue weighted by atomic mass is 9.94. The number of benzene rings is 1. The lowest BCUT2D eigenvalue weighted by Gasteiger charge is -2.15. The number of hydrogen-bond donors (Lipinski definition) is 1. The van der Waals surface area contributed by atoms with Gasteiger partial charge < -0.3 is 5.32 Å². The number of rotatable bonds is 3. The second kappa shape index (κ2) is 6.01. The third-order valence-electron chi connectivity index (χ3n) is 3.44. The van der Waals surface area contributed by atoms with Gasteiger partial charge in [-0.1, -0.05) is 42.5 Å². The molecule has 0 saturated carbocycles. The minimum Gasteiger partial charge on any atom is -0.302 e. The standard InChI is InChI=1S/C16H16N2OS/c19-15(13-9-5-2-6-10-13)18-16-17-14(11-20-16)12-7-3-1-4-8-12/h1-5,7-8,11,13H,6,9-10H2,(H,17,18,19)/t13-/m0/s1. The molecule has 1 heterocycles. The number of nitrogens with one attached hydrogen (secondary N) is 1. The van der Waals surface area contributed by atoms with Crippen molar-refractivity contribution in [3.05, 3.63) is 47.9 Å². The third-order valence-corrected chi connectivity index (χ3v) is 4.20. The quantitative estimate of drug-likeness (QED) is 0.862. The number of carbonyl (C=O) groups is 1. The summed E-state index contributed by atoms with van der Waals surface area (Å²) in [5, 5.41) is 5.60. The fraction of sp³-hybridized carbons (Fsp3) is 0.250. The zero-order chi connectivity index (χ0) is 13.8. The Kier molecular flexibility index (Phi) is 3.92. The van der Waals surface area contributed by atoms with Crippen molar-refractivity contribution in [2.75, 3.05) is 5.32 Å². The Bertz CT molecular complexity index is 618. The van der Waals surface area contributed by atoms with E-state index in [1.165, 1.54) is 11.3 Å². The van der Waals surface area contributed by atoms with E-state index in [0.29, 0.717) is 5.13 Å². The highest BCUT2D eigenvalue weighted by molar-refractivity contribution is 7.14. The maximum absolute atomic E-state index is 12.1. The van der Waals surface area contributed by atoms with Gasteiger partial charge in [-0.3, -0.25) is 4.79 Å². The van der Waals surface area contributed by atoms with Gasteiger partial charge in [0.15, 0.2) is 5.13 Å². The Balaban J connectivity index is 1.68. The fourth-order valence-electron chi connectivity index (χ4n) is 2.31. The number of amides is 1. The molecule has 0 aliphatic heterocycles. The van der Waals surface area contributed by atoms with E-state index in [1.54, 1.807) is 0 Å². The average molecular weight is 284 g/mol. The van der Waals surface area contributed by atoms with Crippen LogP contribution in [0.25, 0.3) is 11.3 Å². The molecule has 4 heteroatoms. The van der Waals surface area contributed by atoms with E-state index < -0.39 is 0 Å². The first-order valence-electron chi connectivity index (χ1n) is 6.80. The predicted octanol–water partition coefficient (Wildman–Crippen LogP) is 4.10. The maximum Gasteiger partial charge on any atom is 0.229 e. The summed E-state index contributed by atoms with van der Waals surface area (Å²) in [6.45, 7) is 0. The number of hydrogen-bond acceptors (Lipinski definition) is 3. The van der Waals surface area contributed by atoms with Crippen LogP contribution in [0.15, 0.2) is 47.9 Å². The molecule has 1 aromatic heterocycles. The summed E-state index contributed by atoms with van der Waals surface area (Å²) in [4.78, 5) is 16.6. The number of allylic oxidation sites excluding steroid dienone is 2. The molecule has 0 unspecified atom stereocenters. The lowest BCUT2D eigenvalue weighted by Crippen LogP contribution is -2.23. The highest BCUT2D eigenvalue weighted by Crippen LogP contribution is 2.26. The number of nitrogens with zero attached hydrogens (tertiary/aromatic N) is 1. The van der Waals surface area contributed by atoms with Gasteiger partial charge in [-0.25, -0.2) is 4.98 Å². The van der Waals surface area contributed by atoms with Crippen molar-refractivity contribution >= 4 is 22.4 Å². The van der Waals surface area contributed by atoms with Crippen LogP contribution in [-0.2, 0) is 4.79 Å². The van der Waals surface area contributed by atoms with Crippen LogP contribution >= 0.6 is 11.3 Å². The molecule has 0 radical (unpaired) electrons. The molecule has 102 valence electrons. The molecule has 20 heavy (non-hydrogen) atoms. The van der Waals surface area contributed by atoms with Crippen molar-refractivity contribution in [3.8, 4) is 11.3 Å². The van der Waals surface area contributed by atoms with Gasteiger partial charge in [-0.05, 0) is 19.3 Å². The van der Waals surface area contributed by atoms with Crippen molar-refractivity contribution in [2.45, 2.75) is 19.3 Å². The minimum absolute atomic E-state index is 0.0864. The molecule has 1 N–H and O–H groups in total. The van der Waals surface area contributed by atoms with E-state index in [2.05, 4.69) is 22.5 Å². The summed E-state index contributed by atoms with van der Waals surface area (Å²) in [6.07, 6.45) is 6.99. The van der Waals surface area contributed by atoms with Crippen molar-refractivity contribution in [3.63, 3.8) is 0 Å². The van der Waals surface area contributed by atoms with E-state index in [-0.39, 0.29) is 11.8 Å². The lowest BCUT2D eigenvalue weighted by molar-refractivity contribution is -0.120. The van der Waals surface area contributed by atoms with E-state index >= 15 is 0 Å². The summed E-state index contributed by atoms with van der Waals surface area (Å²) in [6, 6.07) is 10.00. The largest absolute Gasteiger partial charge is 0.302 e. The van der Waals surface area contributed by atoms with E-state index in [9.17, 15) is 4.79 Å². The molecule has 1 amide bonds. The summed E-state index contributed by atoms with van der Waals surface area (Å²) < 4.78 is 0. The highest BCUT2D eigenvalue weighted by Gasteiger charge is 2.19. The van der Waals surface area contributed by atoms with Gasteiger partial charge >= 0.3 is 0 Å². The van der Waals surface area contributed by atoms with E-state index in [1.807, 2.05) is 35.7 Å². The number of anilines is 1. The van der Waals surface area contributed by atoms with Gasteiger partial charge in [-0.2, -0.15) is 0 Å². The van der Waals surface area contributed by atoms with Gasteiger partial charge in [0, 0.05) is 16.9 Å². The Morgan fingerprint density at radius 1 is 1.25 bits per heavy atom. The molecule has 3 rings (SSSR count). The fourth-order valence-corrected chi connectivity index (χ4v) is 3.03. The molecule has 0 bridgehead atoms. The van der Waals surface area contributed by atoms with Crippen LogP contribution in [0.5, 0.6) is 0 Å². The second-order valence-electron chi connectivity index (χ2n) is 4.87. The van der Waals surface area contributed by atoms with Crippen molar-refractivity contribution in [2.24, 2.45) is 5.92 Å². The molecule has 2 aromatic rings. The van der Waals surface area contributed by atoms with Crippen molar-refractivity contribution in [1.82, 2.24) is 4.98 Å². The minimum atomic E-state index is 0.0864. The normalized spacial score (nSPS) is 17.9. The topological polar surface area (TPSA) is 42.0 Å². The van der Waals surface area contributed by atoms with Crippen molar-refractivity contribution < 1.29 is 4.79 Å². The first-order chi connectivity index (χ1) is 9.83. The van der Waals surface area contributed by atoms with Gasteiger partial charge in [0.2, 0.25) is 5.91 Å². The summed E-state index contributed by atoms with van der Waals surface area (Å²) >= 11 is 1.48.